The summed E-state index contributed by atoms with van der Waals surface area (Å²) in [6, 6.07) is 9.93. The van der Waals surface area contributed by atoms with E-state index in [2.05, 4.69) is 12.2 Å². The van der Waals surface area contributed by atoms with Crippen LogP contribution in [0.25, 0.3) is 0 Å². The van der Waals surface area contributed by atoms with Crippen molar-refractivity contribution in [3.05, 3.63) is 42.5 Å². The Bertz CT molecular complexity index is 239. The lowest BCUT2D eigenvalue weighted by Crippen LogP contribution is -1.95. The van der Waals surface area contributed by atoms with Crippen molar-refractivity contribution in [1.29, 1.82) is 0 Å². The van der Waals surface area contributed by atoms with Gasteiger partial charge >= 0.3 is 0 Å². The second-order valence-corrected chi connectivity index (χ2v) is 2.87. The summed E-state index contributed by atoms with van der Waals surface area (Å²) >= 11 is 0. The third kappa shape index (κ3) is 4.36. The second kappa shape index (κ2) is 6.30. The van der Waals surface area contributed by atoms with Crippen LogP contribution in [0.2, 0.25) is 0 Å². The molecule has 1 aromatic rings. The standard InChI is InChI=1S/C12H16O/c1-2-3-4-8-11-13-12-9-6-5-7-10-12/h2-3,5-7,9-10H,4,8,11H2,1H3. The van der Waals surface area contributed by atoms with Crippen LogP contribution in [0.1, 0.15) is 19.8 Å². The molecule has 13 heavy (non-hydrogen) atoms. The molecule has 0 saturated carbocycles. The molecule has 70 valence electrons. The molecular weight excluding hydrogens is 160 g/mol. The number of ether oxygens (including phenoxy) is 1. The summed E-state index contributed by atoms with van der Waals surface area (Å²) < 4.78 is 5.52. The molecule has 0 heterocycles. The van der Waals surface area contributed by atoms with Crippen molar-refractivity contribution in [2.45, 2.75) is 19.8 Å². The van der Waals surface area contributed by atoms with Crippen LogP contribution in [0.5, 0.6) is 5.75 Å². The van der Waals surface area contributed by atoms with E-state index >= 15 is 0 Å². The van der Waals surface area contributed by atoms with Crippen molar-refractivity contribution >= 4 is 0 Å². The van der Waals surface area contributed by atoms with E-state index in [-0.39, 0.29) is 0 Å². The van der Waals surface area contributed by atoms with Gasteiger partial charge in [0, 0.05) is 0 Å². The molecule has 0 spiro atoms. The summed E-state index contributed by atoms with van der Waals surface area (Å²) in [5.74, 6) is 0.961. The van der Waals surface area contributed by atoms with Gasteiger partial charge in [-0.05, 0) is 31.9 Å². The highest BCUT2D eigenvalue weighted by atomic mass is 16.5. The van der Waals surface area contributed by atoms with Crippen molar-refractivity contribution < 1.29 is 4.74 Å². The maximum atomic E-state index is 5.52. The minimum atomic E-state index is 0.800. The first-order valence-electron chi connectivity index (χ1n) is 4.72. The maximum Gasteiger partial charge on any atom is 0.119 e. The molecule has 1 aromatic carbocycles. The van der Waals surface area contributed by atoms with Gasteiger partial charge in [-0.3, -0.25) is 0 Å². The lowest BCUT2D eigenvalue weighted by molar-refractivity contribution is 0.312. The molecule has 0 radical (unpaired) electrons. The monoisotopic (exact) mass is 176 g/mol. The van der Waals surface area contributed by atoms with Gasteiger partial charge in [-0.1, -0.05) is 30.4 Å². The number of hydrogen-bond acceptors (Lipinski definition) is 1. The highest BCUT2D eigenvalue weighted by molar-refractivity contribution is 5.20. The van der Waals surface area contributed by atoms with E-state index in [0.717, 1.165) is 25.2 Å². The first-order chi connectivity index (χ1) is 6.43. The average Bonchev–Trinajstić information content (AvgIpc) is 2.19. The number of benzene rings is 1. The van der Waals surface area contributed by atoms with E-state index in [9.17, 15) is 0 Å². The van der Waals surface area contributed by atoms with Crippen molar-refractivity contribution in [3.63, 3.8) is 0 Å². The van der Waals surface area contributed by atoms with E-state index in [1.807, 2.05) is 37.3 Å². The fourth-order valence-corrected chi connectivity index (χ4v) is 1.07. The number of rotatable bonds is 5. The van der Waals surface area contributed by atoms with Gasteiger partial charge in [-0.15, -0.1) is 0 Å². The van der Waals surface area contributed by atoms with Gasteiger partial charge in [0.05, 0.1) is 6.61 Å². The van der Waals surface area contributed by atoms with E-state index in [1.165, 1.54) is 0 Å². The lowest BCUT2D eigenvalue weighted by atomic mass is 10.3. The first kappa shape index (κ1) is 9.85. The average molecular weight is 176 g/mol. The zero-order valence-electron chi connectivity index (χ0n) is 8.07. The van der Waals surface area contributed by atoms with Crippen molar-refractivity contribution in [2.75, 3.05) is 6.61 Å². The zero-order chi connectivity index (χ0) is 9.36. The van der Waals surface area contributed by atoms with Crippen LogP contribution in [0, 0.1) is 0 Å². The predicted octanol–water partition coefficient (Wildman–Crippen LogP) is 3.42. The van der Waals surface area contributed by atoms with E-state index in [1.54, 1.807) is 0 Å². The molecule has 1 rings (SSSR count). The summed E-state index contributed by atoms with van der Waals surface area (Å²) in [4.78, 5) is 0. The molecule has 1 nitrogen and oxygen atoms in total. The molecular formula is C12H16O. The van der Waals surface area contributed by atoms with E-state index in [0.29, 0.717) is 0 Å². The Hall–Kier alpha value is -1.24. The minimum absolute atomic E-state index is 0.800. The highest BCUT2D eigenvalue weighted by Gasteiger charge is 1.89. The van der Waals surface area contributed by atoms with Crippen LogP contribution < -0.4 is 4.74 Å². The van der Waals surface area contributed by atoms with Crippen LogP contribution >= 0.6 is 0 Å². The van der Waals surface area contributed by atoms with Crippen molar-refractivity contribution in [2.24, 2.45) is 0 Å². The predicted molar refractivity (Wildman–Crippen MR) is 56.0 cm³/mol. The smallest absolute Gasteiger partial charge is 0.119 e. The van der Waals surface area contributed by atoms with Crippen LogP contribution in [0.4, 0.5) is 0 Å². The highest BCUT2D eigenvalue weighted by Crippen LogP contribution is 2.08. The Morgan fingerprint density at radius 3 is 2.69 bits per heavy atom. The third-order valence-corrected chi connectivity index (χ3v) is 1.76. The molecule has 0 fully saturated rings. The fraction of sp³-hybridized carbons (Fsp3) is 0.333. The molecule has 0 N–H and O–H groups in total. The number of unbranched alkanes of at least 4 members (excludes halogenated alkanes) is 1. The number of allylic oxidation sites excluding steroid dienone is 2. The Kier molecular flexibility index (Phi) is 4.77. The topological polar surface area (TPSA) is 9.23 Å². The van der Waals surface area contributed by atoms with Crippen LogP contribution in [0.3, 0.4) is 0 Å². The molecule has 0 aliphatic heterocycles. The SMILES string of the molecule is CC=CCCCOc1ccccc1. The molecule has 0 aliphatic carbocycles. The van der Waals surface area contributed by atoms with Gasteiger partial charge < -0.3 is 4.74 Å². The van der Waals surface area contributed by atoms with Gasteiger partial charge in [0.1, 0.15) is 5.75 Å². The Morgan fingerprint density at radius 1 is 1.23 bits per heavy atom. The van der Waals surface area contributed by atoms with E-state index in [4.69, 9.17) is 4.74 Å². The minimum Gasteiger partial charge on any atom is -0.494 e. The van der Waals surface area contributed by atoms with Crippen LogP contribution in [0.15, 0.2) is 42.5 Å². The third-order valence-electron chi connectivity index (χ3n) is 1.76. The summed E-state index contributed by atoms with van der Waals surface area (Å²) in [5.41, 5.74) is 0. The molecule has 0 unspecified atom stereocenters. The first-order valence-corrected chi connectivity index (χ1v) is 4.72. The summed E-state index contributed by atoms with van der Waals surface area (Å²) in [7, 11) is 0. The molecule has 1 heteroatoms. The van der Waals surface area contributed by atoms with Gasteiger partial charge in [-0.2, -0.15) is 0 Å². The van der Waals surface area contributed by atoms with Crippen LogP contribution in [-0.4, -0.2) is 6.61 Å². The Balaban J connectivity index is 2.13. The molecule has 0 atom stereocenters. The molecule has 0 amide bonds. The van der Waals surface area contributed by atoms with Crippen molar-refractivity contribution in [1.82, 2.24) is 0 Å². The lowest BCUT2D eigenvalue weighted by Gasteiger charge is -2.03. The zero-order valence-corrected chi connectivity index (χ0v) is 8.07. The maximum absolute atomic E-state index is 5.52. The summed E-state index contributed by atoms with van der Waals surface area (Å²) in [6.45, 7) is 2.84. The Labute approximate surface area is 80.0 Å². The van der Waals surface area contributed by atoms with Crippen molar-refractivity contribution in [3.8, 4) is 5.75 Å². The quantitative estimate of drug-likeness (QED) is 0.493. The normalized spacial score (nSPS) is 10.5. The van der Waals surface area contributed by atoms with Gasteiger partial charge in [-0.25, -0.2) is 0 Å². The second-order valence-electron chi connectivity index (χ2n) is 2.87. The van der Waals surface area contributed by atoms with Gasteiger partial charge in [0.2, 0.25) is 0 Å². The summed E-state index contributed by atoms with van der Waals surface area (Å²) in [5, 5.41) is 0. The molecule has 0 bridgehead atoms. The van der Waals surface area contributed by atoms with Gasteiger partial charge in [0.25, 0.3) is 0 Å². The van der Waals surface area contributed by atoms with E-state index < -0.39 is 0 Å². The van der Waals surface area contributed by atoms with Gasteiger partial charge in [0.15, 0.2) is 0 Å². The largest absolute Gasteiger partial charge is 0.494 e. The fourth-order valence-electron chi connectivity index (χ4n) is 1.07. The molecule has 0 saturated heterocycles. The van der Waals surface area contributed by atoms with Crippen LogP contribution in [-0.2, 0) is 0 Å². The number of para-hydroxylation sites is 1. The number of hydrogen-bond donors (Lipinski definition) is 0. The molecule has 0 aromatic heterocycles. The molecule has 0 aliphatic rings. The Morgan fingerprint density at radius 2 is 2.00 bits per heavy atom. The summed E-state index contributed by atoms with van der Waals surface area (Å²) in [6.07, 6.45) is 6.42.